The van der Waals surface area contributed by atoms with Crippen LogP contribution in [0.25, 0.3) is 0 Å². The number of hydrogen-bond acceptors (Lipinski definition) is 2. The van der Waals surface area contributed by atoms with Crippen molar-refractivity contribution in [3.05, 3.63) is 34.4 Å². The van der Waals surface area contributed by atoms with Crippen LogP contribution in [0, 0.1) is 5.92 Å². The lowest BCUT2D eigenvalue weighted by Crippen LogP contribution is -2.29. The normalized spacial score (nSPS) is 15.4. The van der Waals surface area contributed by atoms with Crippen LogP contribution in [-0.2, 0) is 22.7 Å². The van der Waals surface area contributed by atoms with Crippen molar-refractivity contribution in [2.75, 3.05) is 6.61 Å². The molecule has 0 amide bonds. The van der Waals surface area contributed by atoms with E-state index in [1.54, 1.807) is 0 Å². The van der Waals surface area contributed by atoms with E-state index < -0.39 is 6.10 Å². The second kappa shape index (κ2) is 9.96. The van der Waals surface area contributed by atoms with Gasteiger partial charge in [0.2, 0.25) is 0 Å². The van der Waals surface area contributed by atoms with Crippen molar-refractivity contribution in [3.63, 3.8) is 0 Å². The lowest BCUT2D eigenvalue weighted by molar-refractivity contribution is 0.0730. The Kier molecular flexibility index (Phi) is 8.99. The minimum Gasteiger partial charge on any atom is -0.396 e. The van der Waals surface area contributed by atoms with Crippen LogP contribution < -0.4 is 0 Å². The Bertz CT molecular complexity index is 603. The first-order chi connectivity index (χ1) is 13.1. The second-order valence-electron chi connectivity index (χ2n) is 12.0. The van der Waals surface area contributed by atoms with Gasteiger partial charge in [0.25, 0.3) is 0 Å². The Morgan fingerprint density at radius 1 is 0.793 bits per heavy atom. The van der Waals surface area contributed by atoms with Crippen LogP contribution in [0.4, 0.5) is 0 Å². The van der Waals surface area contributed by atoms with Crippen molar-refractivity contribution in [1.29, 1.82) is 0 Å². The van der Waals surface area contributed by atoms with Crippen molar-refractivity contribution in [3.8, 4) is 0 Å². The zero-order chi connectivity index (χ0) is 22.6. The van der Waals surface area contributed by atoms with E-state index in [0.29, 0.717) is 6.42 Å². The molecule has 0 aliphatic heterocycles. The molecular weight excluding hydrogens is 356 g/mol. The van der Waals surface area contributed by atoms with Crippen molar-refractivity contribution in [2.45, 2.75) is 124 Å². The fraction of sp³-hybridized carbons (Fsp3) is 0.778. The molecule has 2 atom stereocenters. The van der Waals surface area contributed by atoms with Gasteiger partial charge in [-0.05, 0) is 63.7 Å². The van der Waals surface area contributed by atoms with Gasteiger partial charge in [-0.1, -0.05) is 94.2 Å². The minimum atomic E-state index is -0.450. The molecular formula is C27H48O2. The third-order valence-corrected chi connectivity index (χ3v) is 6.10. The van der Waals surface area contributed by atoms with Crippen molar-refractivity contribution < 1.29 is 10.2 Å². The van der Waals surface area contributed by atoms with Crippen LogP contribution in [0.3, 0.4) is 0 Å². The van der Waals surface area contributed by atoms with Crippen LogP contribution in [0.5, 0.6) is 0 Å². The van der Waals surface area contributed by atoms with Crippen LogP contribution in [0.15, 0.2) is 12.1 Å². The fourth-order valence-electron chi connectivity index (χ4n) is 4.19. The summed E-state index contributed by atoms with van der Waals surface area (Å²) in [6.45, 7) is 22.9. The van der Waals surface area contributed by atoms with Crippen molar-refractivity contribution in [1.82, 2.24) is 0 Å². The molecule has 0 fully saturated rings. The Labute approximate surface area is 181 Å². The Hall–Kier alpha value is -0.860. The summed E-state index contributed by atoms with van der Waals surface area (Å²) >= 11 is 0. The lowest BCUT2D eigenvalue weighted by Gasteiger charge is -2.35. The van der Waals surface area contributed by atoms with E-state index in [2.05, 4.69) is 81.4 Å². The summed E-state index contributed by atoms with van der Waals surface area (Å²) < 4.78 is 0. The predicted octanol–water partition coefficient (Wildman–Crippen LogP) is 6.67. The first kappa shape index (κ1) is 26.2. The molecule has 2 unspecified atom stereocenters. The zero-order valence-electron chi connectivity index (χ0n) is 20.9. The third-order valence-electron chi connectivity index (χ3n) is 6.10. The molecule has 29 heavy (non-hydrogen) atoms. The first-order valence-corrected chi connectivity index (χ1v) is 11.6. The van der Waals surface area contributed by atoms with E-state index in [0.717, 1.165) is 25.7 Å². The summed E-state index contributed by atoms with van der Waals surface area (Å²) in [5.74, 6) is 0.185. The second-order valence-corrected chi connectivity index (χ2v) is 12.0. The number of aliphatic hydroxyl groups is 2. The van der Waals surface area contributed by atoms with Gasteiger partial charge in [-0.25, -0.2) is 0 Å². The summed E-state index contributed by atoms with van der Waals surface area (Å²) in [6, 6.07) is 4.83. The summed E-state index contributed by atoms with van der Waals surface area (Å²) in [6.07, 6.45) is 4.14. The molecule has 0 aromatic heterocycles. The quantitative estimate of drug-likeness (QED) is 0.508. The van der Waals surface area contributed by atoms with Gasteiger partial charge in [0.15, 0.2) is 0 Å². The van der Waals surface area contributed by atoms with Gasteiger partial charge < -0.3 is 10.2 Å². The molecule has 1 rings (SSSR count). The molecule has 0 spiro atoms. The van der Waals surface area contributed by atoms with Crippen LogP contribution >= 0.6 is 0 Å². The minimum absolute atomic E-state index is 0.0355. The van der Waals surface area contributed by atoms with E-state index in [1.165, 1.54) is 22.3 Å². The van der Waals surface area contributed by atoms with Gasteiger partial charge in [0, 0.05) is 6.61 Å². The van der Waals surface area contributed by atoms with Gasteiger partial charge in [-0.3, -0.25) is 0 Å². The van der Waals surface area contributed by atoms with Crippen LogP contribution in [0.1, 0.15) is 117 Å². The maximum Gasteiger partial charge on any atom is 0.0593 e. The fourth-order valence-corrected chi connectivity index (χ4v) is 4.19. The van der Waals surface area contributed by atoms with E-state index in [-0.39, 0.29) is 28.8 Å². The number of unbranched alkanes of at least 4 members (excludes halogenated alkanes) is 1. The van der Waals surface area contributed by atoms with E-state index in [9.17, 15) is 10.2 Å². The molecule has 1 aromatic rings. The predicted molar refractivity (Wildman–Crippen MR) is 127 cm³/mol. The maximum absolute atomic E-state index is 10.8. The Morgan fingerprint density at radius 3 is 1.62 bits per heavy atom. The molecule has 0 saturated heterocycles. The third kappa shape index (κ3) is 7.40. The molecule has 1 aromatic carbocycles. The van der Waals surface area contributed by atoms with Gasteiger partial charge in [0.05, 0.1) is 6.10 Å². The molecule has 2 nitrogen and oxygen atoms in total. The molecule has 0 radical (unpaired) electrons. The van der Waals surface area contributed by atoms with E-state index >= 15 is 0 Å². The number of rotatable bonds is 8. The highest BCUT2D eigenvalue weighted by molar-refractivity contribution is 5.48. The molecule has 0 aliphatic rings. The number of benzene rings is 1. The number of hydrogen-bond donors (Lipinski definition) is 2. The lowest BCUT2D eigenvalue weighted by atomic mass is 9.70. The van der Waals surface area contributed by atoms with Gasteiger partial charge in [-0.2, -0.15) is 0 Å². The first-order valence-electron chi connectivity index (χ1n) is 11.6. The molecule has 168 valence electrons. The summed E-state index contributed by atoms with van der Waals surface area (Å²) in [5.41, 5.74) is 5.78. The van der Waals surface area contributed by atoms with Gasteiger partial charge >= 0.3 is 0 Å². The monoisotopic (exact) mass is 404 g/mol. The molecule has 2 N–H and O–H groups in total. The van der Waals surface area contributed by atoms with Crippen LogP contribution in [-0.4, -0.2) is 22.9 Å². The maximum atomic E-state index is 10.8. The highest BCUT2D eigenvalue weighted by Crippen LogP contribution is 2.40. The van der Waals surface area contributed by atoms with Crippen molar-refractivity contribution in [2.24, 2.45) is 5.92 Å². The topological polar surface area (TPSA) is 40.5 Å². The summed E-state index contributed by atoms with van der Waals surface area (Å²) in [4.78, 5) is 0. The standard InChI is InChI=1S/C27H48O2/c1-11-12-13-19(24(29)14-15-28)16-21-22(26(5,6)7)17-20(25(2,3)4)18-23(21)27(8,9)10/h17-19,24,28-29H,11-16H2,1-10H3. The average Bonchev–Trinajstić information content (AvgIpc) is 2.55. The summed E-state index contributed by atoms with van der Waals surface area (Å²) in [7, 11) is 0. The zero-order valence-corrected chi connectivity index (χ0v) is 20.9. The largest absolute Gasteiger partial charge is 0.396 e. The van der Waals surface area contributed by atoms with E-state index in [1.807, 2.05) is 0 Å². The summed E-state index contributed by atoms with van der Waals surface area (Å²) in [5, 5.41) is 20.2. The molecule has 0 aliphatic carbocycles. The SMILES string of the molecule is CCCCC(Cc1c(C(C)(C)C)cc(C(C)(C)C)cc1C(C)(C)C)C(O)CCO. The highest BCUT2D eigenvalue weighted by Gasteiger charge is 2.31. The number of aliphatic hydroxyl groups excluding tert-OH is 2. The highest BCUT2D eigenvalue weighted by atomic mass is 16.3. The van der Waals surface area contributed by atoms with Gasteiger partial charge in [-0.15, -0.1) is 0 Å². The smallest absolute Gasteiger partial charge is 0.0593 e. The van der Waals surface area contributed by atoms with Crippen LogP contribution in [0.2, 0.25) is 0 Å². The molecule has 2 heteroatoms. The van der Waals surface area contributed by atoms with E-state index in [4.69, 9.17) is 0 Å². The molecule has 0 saturated carbocycles. The Balaban J connectivity index is 3.67. The van der Waals surface area contributed by atoms with Crippen molar-refractivity contribution >= 4 is 0 Å². The molecule has 0 heterocycles. The average molecular weight is 405 g/mol. The van der Waals surface area contributed by atoms with Gasteiger partial charge in [0.1, 0.15) is 0 Å². The Morgan fingerprint density at radius 2 is 1.28 bits per heavy atom. The molecule has 0 bridgehead atoms.